The molecule has 12 heavy (non-hydrogen) atoms. The van der Waals surface area contributed by atoms with Crippen LogP contribution in [0.3, 0.4) is 0 Å². The molecule has 0 amide bonds. The maximum Gasteiger partial charge on any atom is -1.00 e. The zero-order valence-electron chi connectivity index (χ0n) is 6.96. The molecule has 0 unspecified atom stereocenters. The van der Waals surface area contributed by atoms with Gasteiger partial charge < -0.3 is 12.4 Å². The quantitative estimate of drug-likeness (QED) is 0.538. The monoisotopic (exact) mass is 192 g/mol. The van der Waals surface area contributed by atoms with Crippen molar-refractivity contribution in [2.24, 2.45) is 0 Å². The number of hydrogen-bond acceptors (Lipinski definition) is 1. The van der Waals surface area contributed by atoms with Crippen molar-refractivity contribution in [3.8, 4) is 5.75 Å². The van der Waals surface area contributed by atoms with E-state index < -0.39 is 0 Å². The molecule has 0 aromatic heterocycles. The van der Waals surface area contributed by atoms with E-state index in [1.165, 1.54) is 5.56 Å². The number of ether oxygens (including phenoxy) is 1. The number of methoxy groups -OCH3 is 1. The fraction of sp³-hybridized carbons (Fsp3) is 0.111. The van der Waals surface area contributed by atoms with Gasteiger partial charge in [0.1, 0.15) is 0 Å². The molecule has 0 bridgehead atoms. The Bertz CT molecular complexity index is 243. The van der Waals surface area contributed by atoms with Gasteiger partial charge in [0.05, 0.1) is 0 Å². The Balaban J connectivity index is 0.00000121. The van der Waals surface area contributed by atoms with Crippen molar-refractivity contribution in [1.29, 1.82) is 0 Å². The second kappa shape index (κ2) is 6.35. The van der Waals surface area contributed by atoms with Gasteiger partial charge in [0.25, 0.3) is 0 Å². The number of halogens is 1. The van der Waals surface area contributed by atoms with Crippen molar-refractivity contribution in [2.45, 2.75) is 0 Å². The van der Waals surface area contributed by atoms with E-state index in [0.29, 0.717) is 0 Å². The van der Waals surface area contributed by atoms with Crippen LogP contribution in [-0.2, 0) is 0 Å². The number of hydrogen-bond donors (Lipinski definition) is 0. The van der Waals surface area contributed by atoms with Gasteiger partial charge in [-0.15, -0.1) is 0 Å². The Hall–Kier alpha value is -0.184. The molecule has 1 rings (SSSR count). The van der Waals surface area contributed by atoms with Gasteiger partial charge in [-0.3, -0.25) is 0 Å². The van der Waals surface area contributed by atoms with E-state index in [-0.39, 0.29) is 12.4 Å². The van der Waals surface area contributed by atoms with Crippen molar-refractivity contribution in [1.82, 2.24) is 0 Å². The predicted octanol–water partition coefficient (Wildman–Crippen LogP) is -1.16. The van der Waals surface area contributed by atoms with Crippen LogP contribution in [0.2, 0.25) is 0 Å². The largest absolute Gasteiger partial charge is 1.00 e. The van der Waals surface area contributed by atoms with Gasteiger partial charge >= 0.3 is 79.4 Å². The van der Waals surface area contributed by atoms with Crippen LogP contribution in [0.4, 0.5) is 0 Å². The minimum absolute atomic E-state index is 0. The molecule has 0 N–H and O–H groups in total. The average molecular weight is 193 g/mol. The molecule has 0 fully saturated rings. The molecule has 0 aliphatic heterocycles. The standard InChI is InChI=1S/C9H9O.ClH.Mg/c1-3-8-4-6-9(10-2)7-5-8;;/h1,3-7H,2H3;1H;/q;;+1/p-1. The van der Waals surface area contributed by atoms with Gasteiger partial charge in [0.15, 0.2) is 0 Å². The van der Waals surface area contributed by atoms with E-state index in [9.17, 15) is 0 Å². The van der Waals surface area contributed by atoms with Crippen LogP contribution in [0.1, 0.15) is 5.56 Å². The smallest absolute Gasteiger partial charge is 1.00 e. The van der Waals surface area contributed by atoms with E-state index in [0.717, 1.165) is 5.75 Å². The molecule has 60 valence electrons. The summed E-state index contributed by atoms with van der Waals surface area (Å²) >= 11 is 1.83. The molecule has 0 aliphatic carbocycles. The Morgan fingerprint density at radius 3 is 2.25 bits per heavy atom. The molecule has 0 heterocycles. The molecule has 3 heteroatoms. The molecule has 1 aromatic carbocycles. The van der Waals surface area contributed by atoms with E-state index >= 15 is 0 Å². The third-order valence-electron chi connectivity index (χ3n) is 1.43. The first-order valence-electron chi connectivity index (χ1n) is 3.46. The van der Waals surface area contributed by atoms with E-state index in [1.54, 1.807) is 7.11 Å². The van der Waals surface area contributed by atoms with Gasteiger partial charge in [-0.2, -0.15) is 0 Å². The van der Waals surface area contributed by atoms with Gasteiger partial charge in [-0.05, 0) is 0 Å². The van der Waals surface area contributed by atoms with Crippen LogP contribution in [0, 0.1) is 0 Å². The van der Waals surface area contributed by atoms with Gasteiger partial charge in [0.2, 0.25) is 0 Å². The molecule has 1 nitrogen and oxygen atoms in total. The molecule has 0 saturated carbocycles. The Kier molecular flexibility index (Phi) is 6.25. The van der Waals surface area contributed by atoms with E-state index in [1.807, 2.05) is 50.2 Å². The Morgan fingerprint density at radius 1 is 1.25 bits per heavy atom. The fourth-order valence-electron chi connectivity index (χ4n) is 0.851. The van der Waals surface area contributed by atoms with Crippen LogP contribution in [0.5, 0.6) is 5.75 Å². The van der Waals surface area contributed by atoms with Crippen LogP contribution >= 0.6 is 0 Å². The van der Waals surface area contributed by atoms with E-state index in [2.05, 4.69) is 6.08 Å². The maximum absolute atomic E-state index is 5.02. The first kappa shape index (κ1) is 11.8. The number of benzene rings is 1. The normalized spacial score (nSPS) is 9.58. The molecular weight excluding hydrogens is 184 g/mol. The van der Waals surface area contributed by atoms with Crippen LogP contribution in [0.25, 0.3) is 6.08 Å². The van der Waals surface area contributed by atoms with Gasteiger partial charge in [0, 0.05) is 0 Å². The second-order valence-electron chi connectivity index (χ2n) is 2.18. The Morgan fingerprint density at radius 2 is 1.83 bits per heavy atom. The minimum atomic E-state index is 0. The SMILES string of the molecule is COc1ccc(C=[CH][Mg+])cc1.[Cl-]. The maximum atomic E-state index is 5.02. The van der Waals surface area contributed by atoms with Crippen LogP contribution in [0.15, 0.2) is 28.5 Å². The summed E-state index contributed by atoms with van der Waals surface area (Å²) in [7, 11) is 1.67. The summed E-state index contributed by atoms with van der Waals surface area (Å²) in [6.45, 7) is 0. The molecular formula is C9H9ClMgO. The third-order valence-corrected chi connectivity index (χ3v) is 1.66. The summed E-state index contributed by atoms with van der Waals surface area (Å²) in [6, 6.07) is 7.98. The van der Waals surface area contributed by atoms with Crippen molar-refractivity contribution < 1.29 is 17.1 Å². The first-order valence-corrected chi connectivity index (χ1v) is 4.28. The first-order chi connectivity index (χ1) is 5.36. The van der Waals surface area contributed by atoms with Crippen molar-refractivity contribution >= 4 is 27.8 Å². The van der Waals surface area contributed by atoms with Gasteiger partial charge in [-0.25, -0.2) is 0 Å². The predicted molar refractivity (Wildman–Crippen MR) is 47.8 cm³/mol. The van der Waals surface area contributed by atoms with Crippen molar-refractivity contribution in [3.05, 3.63) is 34.0 Å². The van der Waals surface area contributed by atoms with Crippen molar-refractivity contribution in [2.75, 3.05) is 7.11 Å². The Labute approximate surface area is 91.7 Å². The summed E-state index contributed by atoms with van der Waals surface area (Å²) < 4.78 is 7.07. The number of rotatable bonds is 2. The van der Waals surface area contributed by atoms with Crippen LogP contribution in [-0.4, -0.2) is 28.8 Å². The zero-order chi connectivity index (χ0) is 8.10. The summed E-state index contributed by atoms with van der Waals surface area (Å²) in [4.78, 5) is 0. The minimum Gasteiger partial charge on any atom is -1.00 e. The summed E-state index contributed by atoms with van der Waals surface area (Å²) in [5.74, 6) is 0.903. The summed E-state index contributed by atoms with van der Waals surface area (Å²) in [5, 5.41) is 0. The molecule has 1 aromatic rings. The second-order valence-corrected chi connectivity index (χ2v) is 2.65. The molecule has 0 saturated heterocycles. The van der Waals surface area contributed by atoms with Crippen LogP contribution < -0.4 is 17.1 Å². The van der Waals surface area contributed by atoms with Gasteiger partial charge in [-0.1, -0.05) is 0 Å². The van der Waals surface area contributed by atoms with E-state index in [4.69, 9.17) is 4.74 Å². The molecule has 0 spiro atoms. The molecule has 0 radical (unpaired) electrons. The fourth-order valence-corrected chi connectivity index (χ4v) is 1.12. The summed E-state index contributed by atoms with van der Waals surface area (Å²) in [5.41, 5.74) is 1.21. The average Bonchev–Trinajstić information content (AvgIpc) is 2.07. The molecule has 0 atom stereocenters. The van der Waals surface area contributed by atoms with Crippen molar-refractivity contribution in [3.63, 3.8) is 0 Å². The summed E-state index contributed by atoms with van der Waals surface area (Å²) in [6.07, 6.45) is 2.07. The topological polar surface area (TPSA) is 9.23 Å². The third kappa shape index (κ3) is 3.48. The zero-order valence-corrected chi connectivity index (χ0v) is 9.13. The molecule has 0 aliphatic rings.